The topological polar surface area (TPSA) is 42.0 Å². The fraction of sp³-hybridized carbons (Fsp3) is 0.409. The number of carbonyl (C=O) groups excluding carboxylic acids is 1. The minimum Gasteiger partial charge on any atom is -0.492 e. The zero-order chi connectivity index (χ0) is 18.9. The summed E-state index contributed by atoms with van der Waals surface area (Å²) in [6.45, 7) is 6.88. The van der Waals surface area contributed by atoms with E-state index in [1.165, 1.54) is 19.1 Å². The summed E-state index contributed by atoms with van der Waals surface area (Å²) in [5, 5.41) is 0. The lowest BCUT2D eigenvalue weighted by atomic mass is 10.2. The molecule has 5 heteroatoms. The highest BCUT2D eigenvalue weighted by atomic mass is 16.5. The van der Waals surface area contributed by atoms with Crippen molar-refractivity contribution in [2.24, 2.45) is 0 Å². The van der Waals surface area contributed by atoms with Gasteiger partial charge in [-0.3, -0.25) is 9.80 Å². The van der Waals surface area contributed by atoms with E-state index in [0.717, 1.165) is 39.3 Å². The van der Waals surface area contributed by atoms with E-state index >= 15 is 0 Å². The Morgan fingerprint density at radius 1 is 0.963 bits per heavy atom. The molecule has 0 aromatic heterocycles. The molecule has 0 atom stereocenters. The molecule has 3 rings (SSSR count). The molecule has 0 saturated carbocycles. The quantitative estimate of drug-likeness (QED) is 0.703. The van der Waals surface area contributed by atoms with Gasteiger partial charge in [0.2, 0.25) is 0 Å². The van der Waals surface area contributed by atoms with Crippen LogP contribution in [-0.2, 0) is 11.3 Å². The third kappa shape index (κ3) is 6.08. The normalized spacial score (nSPS) is 15.9. The Labute approximate surface area is 161 Å². The van der Waals surface area contributed by atoms with Crippen LogP contribution in [0.25, 0.3) is 0 Å². The summed E-state index contributed by atoms with van der Waals surface area (Å²) < 4.78 is 10.6. The largest absolute Gasteiger partial charge is 0.492 e. The number of benzene rings is 2. The van der Waals surface area contributed by atoms with Gasteiger partial charge in [-0.25, -0.2) is 4.79 Å². The standard InChI is InChI=1S/C22H28N2O3/c1-26-22(25)20-9-5-10-21(17-20)27-16-15-23-11-6-12-24(14-13-23)18-19-7-3-2-4-8-19/h2-5,7-10,17H,6,11-16,18H2,1H3. The van der Waals surface area contributed by atoms with Crippen LogP contribution >= 0.6 is 0 Å². The van der Waals surface area contributed by atoms with Gasteiger partial charge in [-0.15, -0.1) is 0 Å². The highest BCUT2D eigenvalue weighted by Crippen LogP contribution is 2.14. The zero-order valence-corrected chi connectivity index (χ0v) is 16.0. The molecule has 1 fully saturated rings. The van der Waals surface area contributed by atoms with Gasteiger partial charge in [0, 0.05) is 26.2 Å². The van der Waals surface area contributed by atoms with Crippen LogP contribution in [0.5, 0.6) is 5.75 Å². The van der Waals surface area contributed by atoms with Gasteiger partial charge in [0.25, 0.3) is 0 Å². The fourth-order valence-corrected chi connectivity index (χ4v) is 3.37. The summed E-state index contributed by atoms with van der Waals surface area (Å²) in [5.41, 5.74) is 1.89. The molecule has 27 heavy (non-hydrogen) atoms. The van der Waals surface area contributed by atoms with E-state index in [4.69, 9.17) is 9.47 Å². The first-order valence-electron chi connectivity index (χ1n) is 9.54. The van der Waals surface area contributed by atoms with Crippen molar-refractivity contribution >= 4 is 5.97 Å². The van der Waals surface area contributed by atoms with Gasteiger partial charge in [0.05, 0.1) is 12.7 Å². The van der Waals surface area contributed by atoms with Crippen LogP contribution in [-0.4, -0.2) is 62.2 Å². The second-order valence-electron chi connectivity index (χ2n) is 6.82. The molecular weight excluding hydrogens is 340 g/mol. The lowest BCUT2D eigenvalue weighted by molar-refractivity contribution is 0.0600. The molecule has 5 nitrogen and oxygen atoms in total. The molecule has 1 aliphatic heterocycles. The van der Waals surface area contributed by atoms with E-state index in [9.17, 15) is 4.79 Å². The summed E-state index contributed by atoms with van der Waals surface area (Å²) in [6, 6.07) is 17.8. The predicted molar refractivity (Wildman–Crippen MR) is 106 cm³/mol. The second kappa shape index (κ2) is 10.1. The van der Waals surface area contributed by atoms with Crippen molar-refractivity contribution in [1.82, 2.24) is 9.80 Å². The maximum absolute atomic E-state index is 11.6. The van der Waals surface area contributed by atoms with Gasteiger partial charge < -0.3 is 9.47 Å². The van der Waals surface area contributed by atoms with Crippen LogP contribution in [0.4, 0.5) is 0 Å². The van der Waals surface area contributed by atoms with Crippen molar-refractivity contribution in [2.75, 3.05) is 46.4 Å². The van der Waals surface area contributed by atoms with Crippen LogP contribution in [0.15, 0.2) is 54.6 Å². The van der Waals surface area contributed by atoms with Crippen LogP contribution in [0, 0.1) is 0 Å². The average Bonchev–Trinajstić information content (AvgIpc) is 2.93. The van der Waals surface area contributed by atoms with Crippen molar-refractivity contribution < 1.29 is 14.3 Å². The third-order valence-electron chi connectivity index (χ3n) is 4.86. The average molecular weight is 368 g/mol. The van der Waals surface area contributed by atoms with Crippen molar-refractivity contribution in [3.63, 3.8) is 0 Å². The van der Waals surface area contributed by atoms with Gasteiger partial charge in [0.1, 0.15) is 12.4 Å². The Bertz CT molecular complexity index is 721. The Hall–Kier alpha value is -2.37. The second-order valence-corrected chi connectivity index (χ2v) is 6.82. The number of methoxy groups -OCH3 is 1. The summed E-state index contributed by atoms with van der Waals surface area (Å²) in [7, 11) is 1.39. The smallest absolute Gasteiger partial charge is 0.337 e. The van der Waals surface area contributed by atoms with E-state index in [1.807, 2.05) is 12.1 Å². The first-order chi connectivity index (χ1) is 13.2. The Kier molecular flexibility index (Phi) is 7.25. The minimum atomic E-state index is -0.341. The Morgan fingerprint density at radius 3 is 2.56 bits per heavy atom. The van der Waals surface area contributed by atoms with Gasteiger partial charge in [-0.05, 0) is 43.3 Å². The number of carbonyl (C=O) groups is 1. The SMILES string of the molecule is COC(=O)c1cccc(OCCN2CCCN(Cc3ccccc3)CC2)c1. The van der Waals surface area contributed by atoms with Gasteiger partial charge in [0.15, 0.2) is 0 Å². The minimum absolute atomic E-state index is 0.341. The van der Waals surface area contributed by atoms with Crippen LogP contribution in [0.3, 0.4) is 0 Å². The molecule has 0 amide bonds. The van der Waals surface area contributed by atoms with Crippen molar-refractivity contribution in [3.8, 4) is 5.75 Å². The number of nitrogens with zero attached hydrogens (tertiary/aromatic N) is 2. The lowest BCUT2D eigenvalue weighted by Crippen LogP contribution is -2.33. The maximum atomic E-state index is 11.6. The number of ether oxygens (including phenoxy) is 2. The molecule has 2 aromatic carbocycles. The molecule has 0 spiro atoms. The molecule has 2 aromatic rings. The molecule has 1 aliphatic rings. The summed E-state index contributed by atoms with van der Waals surface area (Å²) in [6.07, 6.45) is 1.17. The van der Waals surface area contributed by atoms with E-state index in [2.05, 4.69) is 40.1 Å². The monoisotopic (exact) mass is 368 g/mol. The Morgan fingerprint density at radius 2 is 1.74 bits per heavy atom. The zero-order valence-electron chi connectivity index (χ0n) is 16.0. The molecule has 0 bridgehead atoms. The van der Waals surface area contributed by atoms with Gasteiger partial charge in [-0.1, -0.05) is 36.4 Å². The van der Waals surface area contributed by atoms with Gasteiger partial charge in [-0.2, -0.15) is 0 Å². The van der Waals surface area contributed by atoms with Crippen molar-refractivity contribution in [2.45, 2.75) is 13.0 Å². The number of hydrogen-bond acceptors (Lipinski definition) is 5. The summed E-state index contributed by atoms with van der Waals surface area (Å²) in [5.74, 6) is 0.366. The summed E-state index contributed by atoms with van der Waals surface area (Å²) >= 11 is 0. The van der Waals surface area contributed by atoms with E-state index in [-0.39, 0.29) is 5.97 Å². The maximum Gasteiger partial charge on any atom is 0.337 e. The lowest BCUT2D eigenvalue weighted by Gasteiger charge is -2.22. The molecule has 1 heterocycles. The highest BCUT2D eigenvalue weighted by molar-refractivity contribution is 5.89. The number of esters is 1. The molecule has 0 unspecified atom stereocenters. The van der Waals surface area contributed by atoms with Crippen molar-refractivity contribution in [1.29, 1.82) is 0 Å². The van der Waals surface area contributed by atoms with Crippen LogP contribution in [0.1, 0.15) is 22.3 Å². The number of hydrogen-bond donors (Lipinski definition) is 0. The first kappa shape index (κ1) is 19.4. The molecule has 0 radical (unpaired) electrons. The van der Waals surface area contributed by atoms with Crippen molar-refractivity contribution in [3.05, 3.63) is 65.7 Å². The number of rotatable bonds is 7. The first-order valence-corrected chi connectivity index (χ1v) is 9.54. The highest BCUT2D eigenvalue weighted by Gasteiger charge is 2.15. The third-order valence-corrected chi connectivity index (χ3v) is 4.86. The molecule has 0 aliphatic carbocycles. The van der Waals surface area contributed by atoms with Crippen LogP contribution in [0.2, 0.25) is 0 Å². The predicted octanol–water partition coefficient (Wildman–Crippen LogP) is 3.06. The van der Waals surface area contributed by atoms with E-state index in [1.54, 1.807) is 12.1 Å². The Balaban J connectivity index is 1.42. The van der Waals surface area contributed by atoms with E-state index in [0.29, 0.717) is 17.9 Å². The molecule has 1 saturated heterocycles. The fourth-order valence-electron chi connectivity index (χ4n) is 3.37. The molecule has 0 N–H and O–H groups in total. The summed E-state index contributed by atoms with van der Waals surface area (Å²) in [4.78, 5) is 16.6. The molecule has 144 valence electrons. The van der Waals surface area contributed by atoms with Crippen LogP contribution < -0.4 is 4.74 Å². The van der Waals surface area contributed by atoms with E-state index < -0.39 is 0 Å². The molecular formula is C22H28N2O3. The van der Waals surface area contributed by atoms with Gasteiger partial charge >= 0.3 is 5.97 Å².